The van der Waals surface area contributed by atoms with Crippen LogP contribution >= 0.6 is 11.6 Å². The van der Waals surface area contributed by atoms with Gasteiger partial charge in [-0.1, -0.05) is 23.7 Å². The van der Waals surface area contributed by atoms with Crippen LogP contribution in [0, 0.1) is 0 Å². The van der Waals surface area contributed by atoms with Crippen LogP contribution in [-0.2, 0) is 0 Å². The number of ether oxygens (including phenoxy) is 1. The van der Waals surface area contributed by atoms with Gasteiger partial charge in [-0.05, 0) is 24.3 Å². The van der Waals surface area contributed by atoms with Crippen LogP contribution in [0.4, 0.5) is 5.82 Å². The number of hydrogen-bond donors (Lipinski definition) is 1. The molecule has 1 aromatic carbocycles. The summed E-state index contributed by atoms with van der Waals surface area (Å²) in [6.45, 7) is 1.53. The lowest BCUT2D eigenvalue weighted by atomic mass is 10.3. The van der Waals surface area contributed by atoms with Crippen molar-refractivity contribution in [2.75, 3.05) is 25.0 Å². The SMILES string of the molecule is CNC(=O)c1ccc(N2CC[C@@H](Oc3ccccc3Cl)C2)nn1. The highest BCUT2D eigenvalue weighted by Gasteiger charge is 2.26. The molecular formula is C16H17ClN4O2. The molecule has 1 amide bonds. The van der Waals surface area contributed by atoms with E-state index in [1.807, 2.05) is 24.3 Å². The number of carbonyl (C=O) groups excluding carboxylic acids is 1. The van der Waals surface area contributed by atoms with E-state index in [1.54, 1.807) is 19.2 Å². The van der Waals surface area contributed by atoms with Crippen LogP contribution < -0.4 is 15.0 Å². The van der Waals surface area contributed by atoms with Gasteiger partial charge in [0.2, 0.25) is 0 Å². The van der Waals surface area contributed by atoms with Crippen LogP contribution in [0.1, 0.15) is 16.9 Å². The number of benzene rings is 1. The Kier molecular flexibility index (Phi) is 4.62. The Morgan fingerprint density at radius 2 is 2.13 bits per heavy atom. The summed E-state index contributed by atoms with van der Waals surface area (Å²) in [7, 11) is 1.56. The summed E-state index contributed by atoms with van der Waals surface area (Å²) >= 11 is 6.12. The van der Waals surface area contributed by atoms with Crippen LogP contribution in [-0.4, -0.2) is 42.3 Å². The smallest absolute Gasteiger partial charge is 0.271 e. The topological polar surface area (TPSA) is 67.4 Å². The molecule has 2 heterocycles. The largest absolute Gasteiger partial charge is 0.487 e. The maximum absolute atomic E-state index is 11.5. The van der Waals surface area contributed by atoms with Crippen molar-refractivity contribution in [1.82, 2.24) is 15.5 Å². The van der Waals surface area contributed by atoms with Gasteiger partial charge in [0, 0.05) is 20.0 Å². The Bertz CT molecular complexity index is 693. The van der Waals surface area contributed by atoms with Gasteiger partial charge in [0.25, 0.3) is 5.91 Å². The zero-order valence-corrected chi connectivity index (χ0v) is 13.5. The normalized spacial score (nSPS) is 17.1. The molecule has 0 unspecified atom stereocenters. The van der Waals surface area contributed by atoms with E-state index in [0.717, 1.165) is 18.8 Å². The minimum atomic E-state index is -0.245. The first-order valence-corrected chi connectivity index (χ1v) is 7.77. The standard InChI is InChI=1S/C16H17ClN4O2/c1-18-16(22)13-6-7-15(20-19-13)21-9-8-11(10-21)23-14-5-3-2-4-12(14)17/h2-7,11H,8-10H2,1H3,(H,18,22)/t11-/m1/s1. The summed E-state index contributed by atoms with van der Waals surface area (Å²) in [5.41, 5.74) is 0.305. The lowest BCUT2D eigenvalue weighted by Gasteiger charge is -2.18. The van der Waals surface area contributed by atoms with E-state index in [9.17, 15) is 4.79 Å². The summed E-state index contributed by atoms with van der Waals surface area (Å²) in [6.07, 6.45) is 0.930. The fraction of sp³-hybridized carbons (Fsp3) is 0.312. The molecule has 1 aliphatic heterocycles. The number of amides is 1. The molecule has 120 valence electrons. The Morgan fingerprint density at radius 1 is 1.30 bits per heavy atom. The predicted molar refractivity (Wildman–Crippen MR) is 88.1 cm³/mol. The first kappa shape index (κ1) is 15.6. The highest BCUT2D eigenvalue weighted by atomic mass is 35.5. The van der Waals surface area contributed by atoms with Gasteiger partial charge in [0.05, 0.1) is 11.6 Å². The molecular weight excluding hydrogens is 316 g/mol. The Morgan fingerprint density at radius 3 is 2.83 bits per heavy atom. The van der Waals surface area contributed by atoms with Crippen molar-refractivity contribution in [3.63, 3.8) is 0 Å². The third kappa shape index (κ3) is 3.53. The molecule has 6 nitrogen and oxygen atoms in total. The maximum atomic E-state index is 11.5. The van der Waals surface area contributed by atoms with E-state index in [0.29, 0.717) is 23.0 Å². The third-order valence-electron chi connectivity index (χ3n) is 3.71. The number of anilines is 1. The van der Waals surface area contributed by atoms with Crippen molar-refractivity contribution in [3.05, 3.63) is 47.1 Å². The van der Waals surface area contributed by atoms with E-state index in [4.69, 9.17) is 16.3 Å². The first-order chi connectivity index (χ1) is 11.2. The van der Waals surface area contributed by atoms with Crippen molar-refractivity contribution in [3.8, 4) is 5.75 Å². The molecule has 1 aromatic heterocycles. The molecule has 23 heavy (non-hydrogen) atoms. The average molecular weight is 333 g/mol. The van der Waals surface area contributed by atoms with E-state index < -0.39 is 0 Å². The number of hydrogen-bond acceptors (Lipinski definition) is 5. The summed E-state index contributed by atoms with van der Waals surface area (Å²) < 4.78 is 5.95. The predicted octanol–water partition coefficient (Wildman–Crippen LogP) is 2.15. The molecule has 0 spiro atoms. The molecule has 0 aliphatic carbocycles. The quantitative estimate of drug-likeness (QED) is 0.929. The summed E-state index contributed by atoms with van der Waals surface area (Å²) in [5.74, 6) is 1.19. The molecule has 0 bridgehead atoms. The van der Waals surface area contributed by atoms with Gasteiger partial charge in [0.15, 0.2) is 11.5 Å². The summed E-state index contributed by atoms with van der Waals surface area (Å²) in [6, 6.07) is 10.9. The molecule has 0 radical (unpaired) electrons. The van der Waals surface area contributed by atoms with Gasteiger partial charge in [0.1, 0.15) is 11.9 Å². The van der Waals surface area contributed by atoms with Crippen molar-refractivity contribution >= 4 is 23.3 Å². The maximum Gasteiger partial charge on any atom is 0.271 e. The van der Waals surface area contributed by atoms with Gasteiger partial charge < -0.3 is 15.0 Å². The highest BCUT2D eigenvalue weighted by Crippen LogP contribution is 2.27. The van der Waals surface area contributed by atoms with Crippen LogP contribution in [0.3, 0.4) is 0 Å². The fourth-order valence-corrected chi connectivity index (χ4v) is 2.68. The Hall–Kier alpha value is -2.34. The number of halogens is 1. The summed E-state index contributed by atoms with van der Waals surface area (Å²) in [4.78, 5) is 13.6. The number of aromatic nitrogens is 2. The molecule has 7 heteroatoms. The number of nitrogens with one attached hydrogen (secondary N) is 1. The molecule has 1 fully saturated rings. The molecule has 1 saturated heterocycles. The second kappa shape index (κ2) is 6.83. The van der Waals surface area contributed by atoms with E-state index >= 15 is 0 Å². The van der Waals surface area contributed by atoms with Crippen LogP contribution in [0.2, 0.25) is 5.02 Å². The van der Waals surface area contributed by atoms with Gasteiger partial charge in [-0.2, -0.15) is 0 Å². The number of carbonyl (C=O) groups is 1. The molecule has 1 aliphatic rings. The number of para-hydroxylation sites is 1. The minimum absolute atomic E-state index is 0.0512. The van der Waals surface area contributed by atoms with Gasteiger partial charge in [-0.15, -0.1) is 10.2 Å². The zero-order chi connectivity index (χ0) is 16.2. The second-order valence-corrected chi connectivity index (χ2v) is 5.67. The van der Waals surface area contributed by atoms with Gasteiger partial charge in [-0.25, -0.2) is 0 Å². The van der Waals surface area contributed by atoms with Crippen LogP contribution in [0.25, 0.3) is 0 Å². The lowest BCUT2D eigenvalue weighted by molar-refractivity contribution is 0.0957. The number of rotatable bonds is 4. The molecule has 3 rings (SSSR count). The lowest BCUT2D eigenvalue weighted by Crippen LogP contribution is -2.26. The first-order valence-electron chi connectivity index (χ1n) is 7.39. The minimum Gasteiger partial charge on any atom is -0.487 e. The molecule has 1 N–H and O–H groups in total. The van der Waals surface area contributed by atoms with Crippen molar-refractivity contribution < 1.29 is 9.53 Å². The monoisotopic (exact) mass is 332 g/mol. The highest BCUT2D eigenvalue weighted by molar-refractivity contribution is 6.32. The van der Waals surface area contributed by atoms with E-state index in [-0.39, 0.29) is 12.0 Å². The number of nitrogens with zero attached hydrogens (tertiary/aromatic N) is 3. The molecule has 2 aromatic rings. The van der Waals surface area contributed by atoms with Crippen molar-refractivity contribution in [2.45, 2.75) is 12.5 Å². The van der Waals surface area contributed by atoms with E-state index in [2.05, 4.69) is 20.4 Å². The molecule has 0 saturated carbocycles. The van der Waals surface area contributed by atoms with Gasteiger partial charge >= 0.3 is 0 Å². The average Bonchev–Trinajstić information content (AvgIpc) is 3.05. The van der Waals surface area contributed by atoms with Crippen molar-refractivity contribution in [2.24, 2.45) is 0 Å². The van der Waals surface area contributed by atoms with Crippen LogP contribution in [0.5, 0.6) is 5.75 Å². The zero-order valence-electron chi connectivity index (χ0n) is 12.7. The fourth-order valence-electron chi connectivity index (χ4n) is 2.50. The second-order valence-electron chi connectivity index (χ2n) is 5.26. The van der Waals surface area contributed by atoms with Gasteiger partial charge in [-0.3, -0.25) is 4.79 Å². The molecule has 1 atom stereocenters. The Balaban J connectivity index is 1.63. The van der Waals surface area contributed by atoms with Crippen LogP contribution in [0.15, 0.2) is 36.4 Å². The van der Waals surface area contributed by atoms with Crippen molar-refractivity contribution in [1.29, 1.82) is 0 Å². The summed E-state index contributed by atoms with van der Waals surface area (Å²) in [5, 5.41) is 11.2. The van der Waals surface area contributed by atoms with E-state index in [1.165, 1.54) is 0 Å². The Labute approximate surface area is 139 Å². The third-order valence-corrected chi connectivity index (χ3v) is 4.02.